The van der Waals surface area contributed by atoms with Crippen molar-refractivity contribution in [1.29, 1.82) is 0 Å². The van der Waals surface area contributed by atoms with E-state index in [1.165, 1.54) is 4.88 Å². The molecule has 4 aromatic rings. The molecule has 25 heavy (non-hydrogen) atoms. The summed E-state index contributed by atoms with van der Waals surface area (Å²) in [6, 6.07) is 8.40. The van der Waals surface area contributed by atoms with E-state index in [2.05, 4.69) is 62.3 Å². The van der Waals surface area contributed by atoms with Gasteiger partial charge in [-0.3, -0.25) is 5.10 Å². The van der Waals surface area contributed by atoms with Crippen molar-refractivity contribution < 1.29 is 0 Å². The topological polar surface area (TPSA) is 92.5 Å². The molecule has 0 saturated carbocycles. The first-order chi connectivity index (χ1) is 12.2. The maximum Gasteiger partial charge on any atom is 0.206 e. The van der Waals surface area contributed by atoms with Crippen LogP contribution in [0.5, 0.6) is 0 Å². The third kappa shape index (κ3) is 3.55. The fourth-order valence-electron chi connectivity index (χ4n) is 2.71. The van der Waals surface area contributed by atoms with Gasteiger partial charge < -0.3 is 11.1 Å². The number of rotatable bonds is 6. The molecule has 128 valence electrons. The highest BCUT2D eigenvalue weighted by atomic mass is 32.1. The number of nitrogens with zero attached hydrogens (tertiary/aromatic N) is 3. The monoisotopic (exact) mass is 370 g/mol. The minimum absolute atomic E-state index is 0.0509. The minimum atomic E-state index is 0.0509. The maximum absolute atomic E-state index is 6.20. The van der Waals surface area contributed by atoms with Gasteiger partial charge in [0.2, 0.25) is 5.13 Å². The Hall–Kier alpha value is -2.29. The zero-order valence-electron chi connectivity index (χ0n) is 13.7. The molecule has 0 saturated heterocycles. The Balaban J connectivity index is 1.45. The van der Waals surface area contributed by atoms with Crippen molar-refractivity contribution in [1.82, 2.24) is 20.4 Å². The van der Waals surface area contributed by atoms with Crippen molar-refractivity contribution in [3.05, 3.63) is 46.3 Å². The van der Waals surface area contributed by atoms with E-state index in [0.717, 1.165) is 38.6 Å². The molecule has 0 spiro atoms. The van der Waals surface area contributed by atoms with E-state index in [9.17, 15) is 0 Å². The van der Waals surface area contributed by atoms with Crippen LogP contribution in [0.25, 0.3) is 21.5 Å². The van der Waals surface area contributed by atoms with Crippen LogP contribution in [-0.4, -0.2) is 33.0 Å². The van der Waals surface area contributed by atoms with Crippen LogP contribution in [0.1, 0.15) is 10.4 Å². The predicted octanol–water partition coefficient (Wildman–Crippen LogP) is 3.43. The molecule has 0 fully saturated rings. The molecule has 1 aromatic carbocycles. The Kier molecular flexibility index (Phi) is 4.48. The largest absolute Gasteiger partial charge is 0.359 e. The van der Waals surface area contributed by atoms with E-state index in [-0.39, 0.29) is 6.04 Å². The fourth-order valence-corrected chi connectivity index (χ4v) is 4.34. The summed E-state index contributed by atoms with van der Waals surface area (Å²) in [6.45, 7) is 2.74. The van der Waals surface area contributed by atoms with Crippen LogP contribution in [0, 0.1) is 6.92 Å². The summed E-state index contributed by atoms with van der Waals surface area (Å²) in [6.07, 6.45) is 2.69. The number of hydrogen-bond donors (Lipinski definition) is 3. The van der Waals surface area contributed by atoms with Gasteiger partial charge in [0.1, 0.15) is 5.01 Å². The lowest BCUT2D eigenvalue weighted by Gasteiger charge is -2.10. The minimum Gasteiger partial charge on any atom is -0.359 e. The van der Waals surface area contributed by atoms with Gasteiger partial charge in [0.25, 0.3) is 0 Å². The number of benzene rings is 1. The van der Waals surface area contributed by atoms with Gasteiger partial charge in [-0.05, 0) is 42.5 Å². The van der Waals surface area contributed by atoms with Crippen molar-refractivity contribution in [2.45, 2.75) is 19.4 Å². The van der Waals surface area contributed by atoms with E-state index in [4.69, 9.17) is 5.73 Å². The van der Waals surface area contributed by atoms with Crippen LogP contribution in [-0.2, 0) is 6.42 Å². The van der Waals surface area contributed by atoms with Crippen LogP contribution in [0.4, 0.5) is 5.13 Å². The molecule has 8 heteroatoms. The summed E-state index contributed by atoms with van der Waals surface area (Å²) in [4.78, 5) is 1.30. The number of fused-ring (bicyclic) bond motifs is 1. The number of aromatic nitrogens is 4. The van der Waals surface area contributed by atoms with E-state index in [0.29, 0.717) is 6.54 Å². The summed E-state index contributed by atoms with van der Waals surface area (Å²) in [5, 5.41) is 23.8. The number of hydrogen-bond acceptors (Lipinski definition) is 7. The Morgan fingerprint density at radius 2 is 2.24 bits per heavy atom. The molecule has 3 aromatic heterocycles. The zero-order chi connectivity index (χ0) is 17.2. The number of nitrogens with one attached hydrogen (secondary N) is 2. The van der Waals surface area contributed by atoms with Crippen LogP contribution in [0.3, 0.4) is 0 Å². The molecule has 6 nitrogen and oxygen atoms in total. The van der Waals surface area contributed by atoms with Crippen LogP contribution in [0.2, 0.25) is 0 Å². The van der Waals surface area contributed by atoms with E-state index >= 15 is 0 Å². The van der Waals surface area contributed by atoms with Crippen molar-refractivity contribution >= 4 is 38.7 Å². The fraction of sp³-hybridized carbons (Fsp3) is 0.235. The molecule has 0 bridgehead atoms. The summed E-state index contributed by atoms with van der Waals surface area (Å²) < 4.78 is 0. The lowest BCUT2D eigenvalue weighted by Crippen LogP contribution is -2.30. The maximum atomic E-state index is 6.20. The van der Waals surface area contributed by atoms with Crippen LogP contribution in [0.15, 0.2) is 35.8 Å². The van der Waals surface area contributed by atoms with Crippen LogP contribution >= 0.6 is 22.7 Å². The Labute approximate surface area is 153 Å². The van der Waals surface area contributed by atoms with Gasteiger partial charge in [0.15, 0.2) is 0 Å². The van der Waals surface area contributed by atoms with Gasteiger partial charge in [0.05, 0.1) is 11.7 Å². The predicted molar refractivity (Wildman–Crippen MR) is 104 cm³/mol. The Morgan fingerprint density at radius 3 is 3.08 bits per heavy atom. The lowest BCUT2D eigenvalue weighted by atomic mass is 10.1. The Bertz CT molecular complexity index is 972. The van der Waals surface area contributed by atoms with Crippen LogP contribution < -0.4 is 11.1 Å². The average Bonchev–Trinajstić information content (AvgIpc) is 3.33. The first-order valence-electron chi connectivity index (χ1n) is 7.98. The number of aromatic amines is 1. The quantitative estimate of drug-likeness (QED) is 0.483. The first-order valence-corrected chi connectivity index (χ1v) is 9.68. The molecule has 0 amide bonds. The summed E-state index contributed by atoms with van der Waals surface area (Å²) >= 11 is 3.28. The van der Waals surface area contributed by atoms with Crippen molar-refractivity contribution in [2.75, 3.05) is 11.9 Å². The van der Waals surface area contributed by atoms with E-state index in [1.54, 1.807) is 22.7 Å². The molecular weight excluding hydrogens is 352 g/mol. The number of thiophene rings is 1. The lowest BCUT2D eigenvalue weighted by molar-refractivity contribution is 0.705. The van der Waals surface area contributed by atoms with Gasteiger partial charge in [-0.25, -0.2) is 0 Å². The standard InChI is InChI=1S/C17H18N6S2/c1-10-5-15-11(8-20-21-15)6-14(10)16-22-23-17(25-16)19-9-12(18)7-13-3-2-4-24-13/h2-6,8,12H,7,9,18H2,1H3,(H,19,23)(H,20,21)/t12-/m1/s1. The van der Waals surface area contributed by atoms with E-state index in [1.807, 2.05) is 6.20 Å². The molecular formula is C17H18N6S2. The van der Waals surface area contributed by atoms with E-state index < -0.39 is 0 Å². The SMILES string of the molecule is Cc1cc2[nH]ncc2cc1-c1nnc(NC[C@H](N)Cc2cccs2)s1. The third-order valence-electron chi connectivity index (χ3n) is 4.00. The van der Waals surface area contributed by atoms with Crippen molar-refractivity contribution in [3.8, 4) is 10.6 Å². The second kappa shape index (κ2) is 6.91. The van der Waals surface area contributed by atoms with Gasteiger partial charge in [-0.15, -0.1) is 21.5 Å². The summed E-state index contributed by atoms with van der Waals surface area (Å²) in [5.41, 5.74) is 9.46. The highest BCUT2D eigenvalue weighted by Gasteiger charge is 2.12. The van der Waals surface area contributed by atoms with Crippen molar-refractivity contribution in [3.63, 3.8) is 0 Å². The van der Waals surface area contributed by atoms with Gasteiger partial charge in [0, 0.05) is 28.4 Å². The highest BCUT2D eigenvalue weighted by Crippen LogP contribution is 2.31. The molecule has 0 aliphatic rings. The van der Waals surface area contributed by atoms with Gasteiger partial charge in [-0.2, -0.15) is 5.10 Å². The molecule has 0 aliphatic heterocycles. The average molecular weight is 371 g/mol. The number of H-pyrrole nitrogens is 1. The summed E-state index contributed by atoms with van der Waals surface area (Å²) in [5.74, 6) is 0. The third-order valence-corrected chi connectivity index (χ3v) is 5.81. The number of nitrogens with two attached hydrogens (primary N) is 1. The normalized spacial score (nSPS) is 12.6. The van der Waals surface area contributed by atoms with Crippen molar-refractivity contribution in [2.24, 2.45) is 5.73 Å². The molecule has 0 radical (unpaired) electrons. The molecule has 0 unspecified atom stereocenters. The molecule has 1 atom stereocenters. The summed E-state index contributed by atoms with van der Waals surface area (Å²) in [7, 11) is 0. The van der Waals surface area contributed by atoms with Gasteiger partial charge >= 0.3 is 0 Å². The van der Waals surface area contributed by atoms with Gasteiger partial charge in [-0.1, -0.05) is 17.4 Å². The number of aryl methyl sites for hydroxylation is 1. The second-order valence-corrected chi connectivity index (χ2v) is 7.97. The smallest absolute Gasteiger partial charge is 0.206 e. The number of anilines is 1. The molecule has 3 heterocycles. The second-order valence-electron chi connectivity index (χ2n) is 5.96. The first kappa shape index (κ1) is 16.2. The Morgan fingerprint density at radius 1 is 1.32 bits per heavy atom. The molecule has 4 N–H and O–H groups in total. The zero-order valence-corrected chi connectivity index (χ0v) is 15.3. The highest BCUT2D eigenvalue weighted by molar-refractivity contribution is 7.18. The molecule has 0 aliphatic carbocycles. The molecule has 4 rings (SSSR count).